The van der Waals surface area contributed by atoms with Crippen LogP contribution in [0.4, 0.5) is 0 Å². The van der Waals surface area contributed by atoms with Crippen molar-refractivity contribution in [1.29, 1.82) is 0 Å². The summed E-state index contributed by atoms with van der Waals surface area (Å²) in [7, 11) is 3.66. The predicted octanol–water partition coefficient (Wildman–Crippen LogP) is 3.50. The van der Waals surface area contributed by atoms with Gasteiger partial charge in [-0.25, -0.2) is 4.98 Å². The van der Waals surface area contributed by atoms with Gasteiger partial charge in [-0.1, -0.05) is 31.2 Å². The summed E-state index contributed by atoms with van der Waals surface area (Å²) in [6.45, 7) is 5.63. The van der Waals surface area contributed by atoms with Gasteiger partial charge in [-0.3, -0.25) is 14.7 Å². The van der Waals surface area contributed by atoms with Crippen LogP contribution in [0.5, 0.6) is 11.6 Å². The Morgan fingerprint density at radius 3 is 2.75 bits per heavy atom. The molecule has 36 heavy (non-hydrogen) atoms. The maximum absolute atomic E-state index is 13.7. The molecule has 0 fully saturated rings. The summed E-state index contributed by atoms with van der Waals surface area (Å²) in [6, 6.07) is 13.1. The van der Waals surface area contributed by atoms with Crippen LogP contribution >= 0.6 is 0 Å². The number of nitrogens with zero attached hydrogens (tertiary/aromatic N) is 4. The van der Waals surface area contributed by atoms with E-state index in [2.05, 4.69) is 21.8 Å². The van der Waals surface area contributed by atoms with Gasteiger partial charge in [0, 0.05) is 55.3 Å². The second-order valence-electron chi connectivity index (χ2n) is 9.46. The Bertz CT molecular complexity index is 1170. The van der Waals surface area contributed by atoms with Gasteiger partial charge in [0.1, 0.15) is 17.4 Å². The molecular weight excluding hydrogens is 456 g/mol. The molecule has 0 aliphatic carbocycles. The Balaban J connectivity index is 1.68. The molecule has 3 heterocycles. The average molecular weight is 491 g/mol. The third kappa shape index (κ3) is 5.66. The van der Waals surface area contributed by atoms with Crippen LogP contribution < -0.4 is 9.47 Å². The van der Waals surface area contributed by atoms with Crippen molar-refractivity contribution in [3.8, 4) is 22.8 Å². The minimum atomic E-state index is -0.338. The maximum Gasteiger partial charge on any atom is 0.259 e. The van der Waals surface area contributed by atoms with Crippen LogP contribution in [0.15, 0.2) is 61.1 Å². The molecule has 4 rings (SSSR count). The van der Waals surface area contributed by atoms with E-state index in [1.165, 1.54) is 0 Å². The monoisotopic (exact) mass is 490 g/mol. The van der Waals surface area contributed by atoms with Crippen molar-refractivity contribution in [2.24, 2.45) is 5.92 Å². The lowest BCUT2D eigenvalue weighted by atomic mass is 9.99. The molecule has 0 radical (unpaired) electrons. The first-order valence-corrected chi connectivity index (χ1v) is 12.2. The molecule has 8 heteroatoms. The van der Waals surface area contributed by atoms with Crippen LogP contribution in [0.1, 0.15) is 29.8 Å². The van der Waals surface area contributed by atoms with Crippen LogP contribution in [0.3, 0.4) is 0 Å². The van der Waals surface area contributed by atoms with E-state index in [0.717, 1.165) is 23.2 Å². The Morgan fingerprint density at radius 1 is 1.22 bits per heavy atom. The molecule has 3 atom stereocenters. The Kier molecular flexibility index (Phi) is 8.18. The lowest BCUT2D eigenvalue weighted by Crippen LogP contribution is -2.49. The summed E-state index contributed by atoms with van der Waals surface area (Å²) in [5, 5.41) is 9.91. The number of aliphatic hydroxyl groups excluding tert-OH is 1. The molecule has 0 saturated carbocycles. The fraction of sp³-hybridized carbons (Fsp3) is 0.393. The van der Waals surface area contributed by atoms with Crippen molar-refractivity contribution in [3.63, 3.8) is 0 Å². The first-order chi connectivity index (χ1) is 17.4. The highest BCUT2D eigenvalue weighted by Crippen LogP contribution is 2.34. The van der Waals surface area contributed by atoms with Gasteiger partial charge in [0.05, 0.1) is 19.8 Å². The van der Waals surface area contributed by atoms with Crippen molar-refractivity contribution in [3.05, 3.63) is 72.2 Å². The minimum Gasteiger partial charge on any atom is -0.496 e. The number of ether oxygens (including phenoxy) is 2. The molecule has 2 aromatic heterocycles. The Hall–Kier alpha value is -3.49. The third-order valence-electron chi connectivity index (χ3n) is 6.61. The second kappa shape index (κ2) is 11.5. The number of hydrogen-bond donors (Lipinski definition) is 1. The average Bonchev–Trinajstić information content (AvgIpc) is 2.90. The number of rotatable bonds is 8. The molecular formula is C28H34N4O4. The lowest BCUT2D eigenvalue weighted by Gasteiger charge is -2.37. The maximum atomic E-state index is 13.7. The van der Waals surface area contributed by atoms with E-state index in [1.54, 1.807) is 24.4 Å². The first-order valence-electron chi connectivity index (χ1n) is 12.2. The van der Waals surface area contributed by atoms with Crippen LogP contribution in [0.25, 0.3) is 11.1 Å². The van der Waals surface area contributed by atoms with Gasteiger partial charge < -0.3 is 19.5 Å². The normalized spacial score (nSPS) is 18.7. The summed E-state index contributed by atoms with van der Waals surface area (Å²) in [6.07, 6.45) is 5.13. The molecule has 0 bridgehead atoms. The number of fused-ring (bicyclic) bond motifs is 1. The lowest BCUT2D eigenvalue weighted by molar-refractivity contribution is 0.0325. The number of aliphatic hydroxyl groups is 1. The Morgan fingerprint density at radius 2 is 2.03 bits per heavy atom. The summed E-state index contributed by atoms with van der Waals surface area (Å²) < 4.78 is 11.9. The van der Waals surface area contributed by atoms with E-state index in [1.807, 2.05) is 62.6 Å². The first kappa shape index (κ1) is 25.6. The largest absolute Gasteiger partial charge is 0.496 e. The number of benzene rings is 1. The smallest absolute Gasteiger partial charge is 0.259 e. The highest BCUT2D eigenvalue weighted by Gasteiger charge is 2.34. The van der Waals surface area contributed by atoms with Gasteiger partial charge in [-0.05, 0) is 37.7 Å². The molecule has 0 spiro atoms. The molecule has 1 N–H and O–H groups in total. The van der Waals surface area contributed by atoms with E-state index in [0.29, 0.717) is 30.3 Å². The van der Waals surface area contributed by atoms with Crippen molar-refractivity contribution in [2.75, 3.05) is 33.9 Å². The molecule has 8 nitrogen and oxygen atoms in total. The van der Waals surface area contributed by atoms with Crippen molar-refractivity contribution < 1.29 is 19.4 Å². The number of methoxy groups -OCH3 is 1. The molecule has 1 aliphatic heterocycles. The summed E-state index contributed by atoms with van der Waals surface area (Å²) >= 11 is 0. The molecule has 1 aromatic carbocycles. The fourth-order valence-corrected chi connectivity index (χ4v) is 4.53. The summed E-state index contributed by atoms with van der Waals surface area (Å²) in [4.78, 5) is 26.4. The van der Waals surface area contributed by atoms with E-state index in [-0.39, 0.29) is 30.6 Å². The number of carbonyl (C=O) groups excluding carboxylic acids is 1. The highest BCUT2D eigenvalue weighted by atomic mass is 16.5. The number of amides is 1. The van der Waals surface area contributed by atoms with Gasteiger partial charge in [-0.15, -0.1) is 0 Å². The van der Waals surface area contributed by atoms with E-state index >= 15 is 0 Å². The summed E-state index contributed by atoms with van der Waals surface area (Å²) in [5.41, 5.74) is 3.10. The molecule has 1 amide bonds. The van der Waals surface area contributed by atoms with Crippen molar-refractivity contribution >= 4 is 5.91 Å². The molecule has 190 valence electrons. The molecule has 0 saturated heterocycles. The fourth-order valence-electron chi connectivity index (χ4n) is 4.53. The van der Waals surface area contributed by atoms with Crippen LogP contribution in [-0.2, 0) is 6.54 Å². The number of carbonyl (C=O) groups is 1. The van der Waals surface area contributed by atoms with Crippen molar-refractivity contribution in [2.45, 2.75) is 32.5 Å². The quantitative estimate of drug-likeness (QED) is 0.517. The van der Waals surface area contributed by atoms with Crippen LogP contribution in [0.2, 0.25) is 0 Å². The zero-order valence-corrected chi connectivity index (χ0v) is 21.3. The number of likely N-dealkylation sites (N-methyl/N-ethyl adjacent to an activating group) is 1. The topological polar surface area (TPSA) is 88.0 Å². The molecule has 0 unspecified atom stereocenters. The number of aromatic nitrogens is 2. The van der Waals surface area contributed by atoms with Gasteiger partial charge in [0.2, 0.25) is 5.88 Å². The van der Waals surface area contributed by atoms with Crippen LogP contribution in [-0.4, -0.2) is 76.8 Å². The SMILES string of the molecule is COc1ccccc1-c1cnc2c(c1)C(=O)N([C@H](C)CO)C[C@@H](C)[C@H](CN(C)Cc1cccnc1)O2. The molecule has 3 aromatic rings. The van der Waals surface area contributed by atoms with Crippen LogP contribution in [0, 0.1) is 5.92 Å². The van der Waals surface area contributed by atoms with Gasteiger partial charge in [0.15, 0.2) is 0 Å². The van der Waals surface area contributed by atoms with Gasteiger partial charge in [0.25, 0.3) is 5.91 Å². The standard InChI is InChI=1S/C28H34N4O4/c1-19-15-32(20(2)18-33)28(34)24-12-22(23-9-5-6-10-25(23)35-4)14-30-27(24)36-26(19)17-31(3)16-21-8-7-11-29-13-21/h5-14,19-20,26,33H,15-18H2,1-4H3/t19-,20-,26+/m1/s1. The number of para-hydroxylation sites is 1. The zero-order chi connectivity index (χ0) is 25.7. The van der Waals surface area contributed by atoms with Crippen molar-refractivity contribution in [1.82, 2.24) is 19.8 Å². The zero-order valence-electron chi connectivity index (χ0n) is 21.3. The number of hydrogen-bond acceptors (Lipinski definition) is 7. The molecule has 1 aliphatic rings. The highest BCUT2D eigenvalue weighted by molar-refractivity contribution is 5.98. The summed E-state index contributed by atoms with van der Waals surface area (Å²) in [5.74, 6) is 0.815. The van der Waals surface area contributed by atoms with E-state index in [4.69, 9.17) is 9.47 Å². The predicted molar refractivity (Wildman–Crippen MR) is 138 cm³/mol. The van der Waals surface area contributed by atoms with Gasteiger partial charge >= 0.3 is 0 Å². The third-order valence-corrected chi connectivity index (χ3v) is 6.61. The van der Waals surface area contributed by atoms with Gasteiger partial charge in [-0.2, -0.15) is 0 Å². The second-order valence-corrected chi connectivity index (χ2v) is 9.46. The van der Waals surface area contributed by atoms with E-state index in [9.17, 15) is 9.90 Å². The van der Waals surface area contributed by atoms with E-state index < -0.39 is 0 Å². The minimum absolute atomic E-state index is 0.0168. The Labute approximate surface area is 212 Å². The number of pyridine rings is 2.